The summed E-state index contributed by atoms with van der Waals surface area (Å²) in [5.41, 5.74) is 2.79. The monoisotopic (exact) mass is 402 g/mol. The number of carbonyl (C=O) groups is 1. The van der Waals surface area contributed by atoms with Gasteiger partial charge in [-0.1, -0.05) is 26.0 Å². The SMILES string of the molecule is CC1(C)Cc2nc(-c3ccncc3)ncc2C(NC(=O)C2Oc3ccccc3O2)C1. The summed E-state index contributed by atoms with van der Waals surface area (Å²) in [6.07, 6.45) is 5.88. The van der Waals surface area contributed by atoms with Gasteiger partial charge in [0.15, 0.2) is 17.3 Å². The number of aromatic nitrogens is 3. The summed E-state index contributed by atoms with van der Waals surface area (Å²) < 4.78 is 11.3. The molecule has 1 N–H and O–H groups in total. The average molecular weight is 402 g/mol. The van der Waals surface area contributed by atoms with Crippen LogP contribution in [0.2, 0.25) is 0 Å². The van der Waals surface area contributed by atoms with E-state index in [-0.39, 0.29) is 17.4 Å². The third-order valence-electron chi connectivity index (χ3n) is 5.46. The number of amides is 1. The molecule has 3 aromatic rings. The highest BCUT2D eigenvalue weighted by Crippen LogP contribution is 2.41. The number of nitrogens with one attached hydrogen (secondary N) is 1. The van der Waals surface area contributed by atoms with E-state index in [0.717, 1.165) is 29.7 Å². The van der Waals surface area contributed by atoms with Crippen molar-refractivity contribution < 1.29 is 14.3 Å². The Balaban J connectivity index is 1.39. The van der Waals surface area contributed by atoms with Gasteiger partial charge in [0.25, 0.3) is 0 Å². The summed E-state index contributed by atoms with van der Waals surface area (Å²) in [7, 11) is 0. The van der Waals surface area contributed by atoms with Crippen molar-refractivity contribution in [3.8, 4) is 22.9 Å². The van der Waals surface area contributed by atoms with E-state index in [2.05, 4.69) is 29.1 Å². The maximum atomic E-state index is 12.9. The van der Waals surface area contributed by atoms with E-state index < -0.39 is 6.29 Å². The van der Waals surface area contributed by atoms with Crippen molar-refractivity contribution in [1.82, 2.24) is 20.3 Å². The first-order valence-corrected chi connectivity index (χ1v) is 9.97. The number of fused-ring (bicyclic) bond motifs is 2. The van der Waals surface area contributed by atoms with Crippen molar-refractivity contribution in [2.75, 3.05) is 0 Å². The van der Waals surface area contributed by atoms with Gasteiger partial charge in [0.1, 0.15) is 0 Å². The van der Waals surface area contributed by atoms with Crippen LogP contribution in [-0.4, -0.2) is 27.1 Å². The lowest BCUT2D eigenvalue weighted by atomic mass is 9.74. The molecular weight excluding hydrogens is 380 g/mol. The molecule has 2 aromatic heterocycles. The van der Waals surface area contributed by atoms with Gasteiger partial charge >= 0.3 is 12.2 Å². The summed E-state index contributed by atoms with van der Waals surface area (Å²) in [4.78, 5) is 26.3. The molecular formula is C23H22N4O3. The zero-order valence-electron chi connectivity index (χ0n) is 16.8. The Labute approximate surface area is 174 Å². The molecule has 0 spiro atoms. The molecule has 1 atom stereocenters. The van der Waals surface area contributed by atoms with Gasteiger partial charge in [-0.25, -0.2) is 9.97 Å². The number of para-hydroxylation sites is 2. The number of benzene rings is 1. The van der Waals surface area contributed by atoms with Crippen LogP contribution in [0.1, 0.15) is 37.6 Å². The normalized spacial score (nSPS) is 19.2. The van der Waals surface area contributed by atoms with E-state index in [4.69, 9.17) is 14.5 Å². The lowest BCUT2D eigenvalue weighted by Crippen LogP contribution is -2.44. The number of pyridine rings is 1. The Kier molecular flexibility index (Phi) is 4.38. The highest BCUT2D eigenvalue weighted by atomic mass is 16.7. The Morgan fingerprint density at radius 1 is 1.10 bits per heavy atom. The fraction of sp³-hybridized carbons (Fsp3) is 0.304. The molecule has 3 heterocycles. The molecule has 0 bridgehead atoms. The highest BCUT2D eigenvalue weighted by molar-refractivity contribution is 5.81. The Bertz CT molecular complexity index is 1080. The van der Waals surface area contributed by atoms with Gasteiger partial charge in [-0.15, -0.1) is 0 Å². The zero-order valence-corrected chi connectivity index (χ0v) is 16.8. The van der Waals surface area contributed by atoms with Crippen LogP contribution in [0.15, 0.2) is 55.0 Å². The van der Waals surface area contributed by atoms with Gasteiger partial charge < -0.3 is 14.8 Å². The number of ether oxygens (including phenoxy) is 2. The molecule has 7 heteroatoms. The van der Waals surface area contributed by atoms with Crippen LogP contribution in [0.5, 0.6) is 11.5 Å². The first-order chi connectivity index (χ1) is 14.5. The summed E-state index contributed by atoms with van der Waals surface area (Å²) >= 11 is 0. The molecule has 1 aliphatic heterocycles. The van der Waals surface area contributed by atoms with E-state index >= 15 is 0 Å². The summed E-state index contributed by atoms with van der Waals surface area (Å²) in [6, 6.07) is 10.8. The van der Waals surface area contributed by atoms with Crippen molar-refractivity contribution >= 4 is 5.91 Å². The number of hydrogen-bond acceptors (Lipinski definition) is 6. The Hall–Kier alpha value is -3.48. The smallest absolute Gasteiger partial charge is 0.321 e. The first-order valence-electron chi connectivity index (χ1n) is 9.97. The van der Waals surface area contributed by atoms with E-state index in [1.54, 1.807) is 24.5 Å². The Morgan fingerprint density at radius 2 is 1.80 bits per heavy atom. The molecule has 0 saturated carbocycles. The maximum Gasteiger partial charge on any atom is 0.321 e. The quantitative estimate of drug-likeness (QED) is 0.722. The average Bonchev–Trinajstić information content (AvgIpc) is 3.18. The fourth-order valence-corrected chi connectivity index (χ4v) is 4.06. The molecule has 0 saturated heterocycles. The van der Waals surface area contributed by atoms with Crippen LogP contribution in [0.4, 0.5) is 0 Å². The molecule has 0 radical (unpaired) electrons. The number of carbonyl (C=O) groups excluding carboxylic acids is 1. The highest BCUT2D eigenvalue weighted by Gasteiger charge is 2.38. The minimum atomic E-state index is -0.993. The van der Waals surface area contributed by atoms with Crippen molar-refractivity contribution in [1.29, 1.82) is 0 Å². The summed E-state index contributed by atoms with van der Waals surface area (Å²) in [5, 5.41) is 3.09. The van der Waals surface area contributed by atoms with Gasteiger partial charge in [-0.2, -0.15) is 0 Å². The van der Waals surface area contributed by atoms with Crippen molar-refractivity contribution in [3.63, 3.8) is 0 Å². The van der Waals surface area contributed by atoms with Gasteiger partial charge in [-0.3, -0.25) is 9.78 Å². The predicted molar refractivity (Wildman–Crippen MR) is 110 cm³/mol. The van der Waals surface area contributed by atoms with Crippen molar-refractivity contribution in [3.05, 3.63) is 66.2 Å². The van der Waals surface area contributed by atoms with Crippen LogP contribution in [0, 0.1) is 5.41 Å². The van der Waals surface area contributed by atoms with Gasteiger partial charge in [0.05, 0.1) is 11.7 Å². The number of hydrogen-bond donors (Lipinski definition) is 1. The largest absolute Gasteiger partial charge is 0.442 e. The Morgan fingerprint density at radius 3 is 2.50 bits per heavy atom. The second-order valence-electron chi connectivity index (χ2n) is 8.45. The predicted octanol–water partition coefficient (Wildman–Crippen LogP) is 3.47. The third-order valence-corrected chi connectivity index (χ3v) is 5.46. The minimum Gasteiger partial charge on any atom is -0.442 e. The lowest BCUT2D eigenvalue weighted by molar-refractivity contribution is -0.137. The lowest BCUT2D eigenvalue weighted by Gasteiger charge is -2.36. The number of rotatable bonds is 3. The summed E-state index contributed by atoms with van der Waals surface area (Å²) in [6.45, 7) is 4.36. The van der Waals surface area contributed by atoms with E-state index in [9.17, 15) is 4.79 Å². The van der Waals surface area contributed by atoms with Crippen LogP contribution in [-0.2, 0) is 11.2 Å². The van der Waals surface area contributed by atoms with E-state index in [1.807, 2.05) is 30.5 Å². The molecule has 1 amide bonds. The zero-order chi connectivity index (χ0) is 20.7. The molecule has 1 aromatic carbocycles. The molecule has 2 aliphatic rings. The fourth-order valence-electron chi connectivity index (χ4n) is 4.06. The molecule has 1 unspecified atom stereocenters. The number of nitrogens with zero attached hydrogens (tertiary/aromatic N) is 3. The van der Waals surface area contributed by atoms with Crippen LogP contribution in [0.25, 0.3) is 11.4 Å². The van der Waals surface area contributed by atoms with Crippen molar-refractivity contribution in [2.24, 2.45) is 5.41 Å². The second-order valence-corrected chi connectivity index (χ2v) is 8.45. The molecule has 5 rings (SSSR count). The first kappa shape index (κ1) is 18.5. The molecule has 1 aliphatic carbocycles. The minimum absolute atomic E-state index is 0.0187. The standard InChI is InChI=1S/C23H22N4O3/c1-23(2)11-16-15(13-25-20(26-16)14-7-9-24-10-8-14)17(12-23)27-21(28)22-29-18-5-3-4-6-19(18)30-22/h3-10,13,17,22H,11-12H2,1-2H3,(H,27,28). The second kappa shape index (κ2) is 7.09. The van der Waals surface area contributed by atoms with Crippen LogP contribution < -0.4 is 14.8 Å². The van der Waals surface area contributed by atoms with Gasteiger partial charge in [0, 0.05) is 29.7 Å². The molecule has 30 heavy (non-hydrogen) atoms. The molecule has 152 valence electrons. The molecule has 7 nitrogen and oxygen atoms in total. The van der Waals surface area contributed by atoms with Crippen molar-refractivity contribution in [2.45, 2.75) is 39.0 Å². The maximum absolute atomic E-state index is 12.9. The molecule has 0 fully saturated rings. The third kappa shape index (κ3) is 3.47. The van der Waals surface area contributed by atoms with Gasteiger partial charge in [-0.05, 0) is 42.5 Å². The van der Waals surface area contributed by atoms with Gasteiger partial charge in [0.2, 0.25) is 0 Å². The van der Waals surface area contributed by atoms with E-state index in [1.165, 1.54) is 0 Å². The van der Waals surface area contributed by atoms with Crippen LogP contribution >= 0.6 is 0 Å². The van der Waals surface area contributed by atoms with Crippen LogP contribution in [0.3, 0.4) is 0 Å². The summed E-state index contributed by atoms with van der Waals surface area (Å²) in [5.74, 6) is 1.51. The topological polar surface area (TPSA) is 86.2 Å². The van der Waals surface area contributed by atoms with E-state index in [0.29, 0.717) is 17.3 Å².